The van der Waals surface area contributed by atoms with Crippen molar-refractivity contribution in [3.63, 3.8) is 0 Å². The molecular weight excluding hydrogens is 193 g/mol. The molecule has 3 atom stereocenters. The predicted octanol–water partition coefficient (Wildman–Crippen LogP) is 1.77. The number of alkyl halides is 2. The number of halogens is 2. The molecular formula is C9H13ClFNO. The number of hydrogen-bond acceptors (Lipinski definition) is 1. The van der Waals surface area contributed by atoms with E-state index < -0.39 is 17.5 Å². The zero-order chi connectivity index (χ0) is 10.0. The second-order valence-electron chi connectivity index (χ2n) is 3.44. The number of carbonyl (C=O) groups is 1. The highest BCUT2D eigenvalue weighted by molar-refractivity contribution is 6.21. The standard InChI is InChI=1S/C9H13ClFNO/c1-5-6(4-8(12)13)2-3-7(10)9(5)11/h6-7,9H,1-4H2,(H2,12,13). The van der Waals surface area contributed by atoms with Crippen LogP contribution in [-0.2, 0) is 4.79 Å². The second kappa shape index (κ2) is 4.09. The maximum atomic E-state index is 13.3. The monoisotopic (exact) mass is 205 g/mol. The third-order valence-corrected chi connectivity index (χ3v) is 2.87. The molecule has 0 bridgehead atoms. The van der Waals surface area contributed by atoms with E-state index in [9.17, 15) is 9.18 Å². The molecule has 1 fully saturated rings. The van der Waals surface area contributed by atoms with Crippen LogP contribution in [0.25, 0.3) is 0 Å². The molecule has 0 radical (unpaired) electrons. The summed E-state index contributed by atoms with van der Waals surface area (Å²) in [5, 5.41) is -0.489. The molecule has 1 amide bonds. The normalized spacial score (nSPS) is 34.6. The fourth-order valence-corrected chi connectivity index (χ4v) is 1.91. The van der Waals surface area contributed by atoms with Crippen molar-refractivity contribution < 1.29 is 9.18 Å². The van der Waals surface area contributed by atoms with Crippen LogP contribution < -0.4 is 5.73 Å². The van der Waals surface area contributed by atoms with Crippen molar-refractivity contribution in [2.24, 2.45) is 11.7 Å². The minimum Gasteiger partial charge on any atom is -0.370 e. The number of primary amides is 1. The molecule has 0 aliphatic heterocycles. The van der Waals surface area contributed by atoms with Gasteiger partial charge in [-0.05, 0) is 24.3 Å². The Morgan fingerprint density at radius 2 is 2.31 bits per heavy atom. The Bertz CT molecular complexity index is 232. The molecule has 4 heteroatoms. The maximum Gasteiger partial charge on any atom is 0.218 e. The highest BCUT2D eigenvalue weighted by Crippen LogP contribution is 2.35. The van der Waals surface area contributed by atoms with Crippen LogP contribution in [0.4, 0.5) is 4.39 Å². The summed E-state index contributed by atoms with van der Waals surface area (Å²) in [4.78, 5) is 10.6. The molecule has 0 aromatic carbocycles. The first kappa shape index (κ1) is 10.5. The summed E-state index contributed by atoms with van der Waals surface area (Å²) < 4.78 is 13.3. The third-order valence-electron chi connectivity index (χ3n) is 2.43. The van der Waals surface area contributed by atoms with Gasteiger partial charge in [-0.1, -0.05) is 6.58 Å². The van der Waals surface area contributed by atoms with Crippen LogP contribution in [0.2, 0.25) is 0 Å². The Hall–Kier alpha value is -0.570. The summed E-state index contributed by atoms with van der Waals surface area (Å²) >= 11 is 5.71. The largest absolute Gasteiger partial charge is 0.370 e. The van der Waals surface area contributed by atoms with Crippen LogP contribution in [-0.4, -0.2) is 17.5 Å². The van der Waals surface area contributed by atoms with E-state index in [1.165, 1.54) is 0 Å². The molecule has 1 aliphatic carbocycles. The molecule has 1 aliphatic rings. The molecule has 3 unspecified atom stereocenters. The summed E-state index contributed by atoms with van der Waals surface area (Å²) in [6.45, 7) is 3.61. The Labute approximate surface area is 81.9 Å². The molecule has 0 spiro atoms. The number of allylic oxidation sites excluding steroid dienone is 1. The second-order valence-corrected chi connectivity index (χ2v) is 4.00. The zero-order valence-corrected chi connectivity index (χ0v) is 8.06. The lowest BCUT2D eigenvalue weighted by Gasteiger charge is -2.30. The van der Waals surface area contributed by atoms with Crippen LogP contribution in [0.15, 0.2) is 12.2 Å². The summed E-state index contributed by atoms with van der Waals surface area (Å²) in [6.07, 6.45) is 0.276. The lowest BCUT2D eigenvalue weighted by atomic mass is 9.81. The van der Waals surface area contributed by atoms with E-state index in [2.05, 4.69) is 6.58 Å². The highest BCUT2D eigenvalue weighted by Gasteiger charge is 2.33. The van der Waals surface area contributed by atoms with Gasteiger partial charge in [0.15, 0.2) is 0 Å². The molecule has 0 heterocycles. The number of amides is 1. The average molecular weight is 206 g/mol. The first-order chi connectivity index (χ1) is 6.02. The van der Waals surface area contributed by atoms with Crippen molar-refractivity contribution >= 4 is 17.5 Å². The van der Waals surface area contributed by atoms with Gasteiger partial charge in [0.25, 0.3) is 0 Å². The fourth-order valence-electron chi connectivity index (χ4n) is 1.63. The number of rotatable bonds is 2. The minimum atomic E-state index is -1.19. The minimum absolute atomic E-state index is 0.123. The van der Waals surface area contributed by atoms with E-state index in [1.807, 2.05) is 0 Å². The van der Waals surface area contributed by atoms with Crippen molar-refractivity contribution in [2.75, 3.05) is 0 Å². The smallest absolute Gasteiger partial charge is 0.218 e. The molecule has 13 heavy (non-hydrogen) atoms. The fraction of sp³-hybridized carbons (Fsp3) is 0.667. The lowest BCUT2D eigenvalue weighted by molar-refractivity contribution is -0.118. The third kappa shape index (κ3) is 2.44. The predicted molar refractivity (Wildman–Crippen MR) is 50.2 cm³/mol. The topological polar surface area (TPSA) is 43.1 Å². The van der Waals surface area contributed by atoms with Gasteiger partial charge in [0.2, 0.25) is 5.91 Å². The molecule has 2 N–H and O–H groups in total. The van der Waals surface area contributed by atoms with Gasteiger partial charge < -0.3 is 5.73 Å². The van der Waals surface area contributed by atoms with Gasteiger partial charge in [-0.15, -0.1) is 11.6 Å². The van der Waals surface area contributed by atoms with Gasteiger partial charge in [-0.25, -0.2) is 4.39 Å². The summed E-state index contributed by atoms with van der Waals surface area (Å²) in [6, 6.07) is 0. The summed E-state index contributed by atoms with van der Waals surface area (Å²) in [5.41, 5.74) is 5.45. The van der Waals surface area contributed by atoms with E-state index in [1.54, 1.807) is 0 Å². The van der Waals surface area contributed by atoms with Crippen LogP contribution in [0, 0.1) is 5.92 Å². The van der Waals surface area contributed by atoms with Gasteiger partial charge >= 0.3 is 0 Å². The number of carbonyl (C=O) groups excluding carboxylic acids is 1. The van der Waals surface area contributed by atoms with Gasteiger partial charge in [0.05, 0.1) is 5.38 Å². The maximum absolute atomic E-state index is 13.3. The van der Waals surface area contributed by atoms with E-state index >= 15 is 0 Å². The Balaban J connectivity index is 2.59. The highest BCUT2D eigenvalue weighted by atomic mass is 35.5. The van der Waals surface area contributed by atoms with Crippen molar-refractivity contribution in [3.05, 3.63) is 12.2 Å². The molecule has 74 valence electrons. The van der Waals surface area contributed by atoms with Crippen molar-refractivity contribution in [3.8, 4) is 0 Å². The van der Waals surface area contributed by atoms with Gasteiger partial charge in [-0.3, -0.25) is 4.79 Å². The van der Waals surface area contributed by atoms with Crippen LogP contribution >= 0.6 is 11.6 Å². The average Bonchev–Trinajstić information content (AvgIpc) is 2.06. The number of nitrogens with two attached hydrogens (primary N) is 1. The zero-order valence-electron chi connectivity index (χ0n) is 7.30. The van der Waals surface area contributed by atoms with Crippen molar-refractivity contribution in [1.82, 2.24) is 0 Å². The van der Waals surface area contributed by atoms with E-state index in [4.69, 9.17) is 17.3 Å². The lowest BCUT2D eigenvalue weighted by Crippen LogP contribution is -2.31. The number of hydrogen-bond donors (Lipinski definition) is 1. The molecule has 1 saturated carbocycles. The van der Waals surface area contributed by atoms with Crippen LogP contribution in [0.3, 0.4) is 0 Å². The molecule has 0 aromatic heterocycles. The van der Waals surface area contributed by atoms with Crippen LogP contribution in [0.1, 0.15) is 19.3 Å². The van der Waals surface area contributed by atoms with E-state index in [0.29, 0.717) is 18.4 Å². The van der Waals surface area contributed by atoms with Gasteiger partial charge in [0, 0.05) is 6.42 Å². The Kier molecular flexibility index (Phi) is 3.31. The Morgan fingerprint density at radius 1 is 1.69 bits per heavy atom. The van der Waals surface area contributed by atoms with Crippen molar-refractivity contribution in [2.45, 2.75) is 30.8 Å². The molecule has 1 rings (SSSR count). The summed E-state index contributed by atoms with van der Waals surface area (Å²) in [5.74, 6) is -0.533. The Morgan fingerprint density at radius 3 is 2.85 bits per heavy atom. The summed E-state index contributed by atoms with van der Waals surface area (Å²) in [7, 11) is 0. The quantitative estimate of drug-likeness (QED) is 0.542. The SMILES string of the molecule is C=C1C(CC(N)=O)CCC(Cl)C1F. The molecule has 0 saturated heterocycles. The van der Waals surface area contributed by atoms with E-state index in [0.717, 1.165) is 0 Å². The molecule has 2 nitrogen and oxygen atoms in total. The van der Waals surface area contributed by atoms with Crippen molar-refractivity contribution in [1.29, 1.82) is 0 Å². The first-order valence-corrected chi connectivity index (χ1v) is 4.71. The van der Waals surface area contributed by atoms with E-state index in [-0.39, 0.29) is 12.3 Å². The van der Waals surface area contributed by atoms with Gasteiger partial charge in [-0.2, -0.15) is 0 Å². The van der Waals surface area contributed by atoms with Crippen LogP contribution in [0.5, 0.6) is 0 Å². The first-order valence-electron chi connectivity index (χ1n) is 4.27. The molecule has 0 aromatic rings. The van der Waals surface area contributed by atoms with Gasteiger partial charge in [0.1, 0.15) is 6.17 Å².